The van der Waals surface area contributed by atoms with E-state index < -0.39 is 39.3 Å². The number of aryl methyl sites for hydroxylation is 1. The zero-order valence-electron chi connectivity index (χ0n) is 20.9. The van der Waals surface area contributed by atoms with Crippen molar-refractivity contribution in [2.45, 2.75) is 83.1 Å². The highest BCUT2D eigenvalue weighted by molar-refractivity contribution is 7.85. The second-order valence-corrected chi connectivity index (χ2v) is 11.9. The summed E-state index contributed by atoms with van der Waals surface area (Å²) in [6.07, 6.45) is 4.29. The molecule has 1 aromatic carbocycles. The Balaban J connectivity index is 0.000000410. The van der Waals surface area contributed by atoms with Gasteiger partial charge in [0.25, 0.3) is 10.1 Å². The van der Waals surface area contributed by atoms with Crippen molar-refractivity contribution in [3.8, 4) is 0 Å². The van der Waals surface area contributed by atoms with Gasteiger partial charge in [0.2, 0.25) is 0 Å². The van der Waals surface area contributed by atoms with Crippen LogP contribution >= 0.6 is 0 Å². The van der Waals surface area contributed by atoms with E-state index in [1.54, 1.807) is 0 Å². The molecule has 3 rings (SSSR count). The van der Waals surface area contributed by atoms with Crippen LogP contribution in [-0.4, -0.2) is 53.5 Å². The molecule has 7 N–H and O–H groups in total. The van der Waals surface area contributed by atoms with Crippen molar-refractivity contribution in [2.75, 3.05) is 12.3 Å². The quantitative estimate of drug-likeness (QED) is 0.327. The maximum absolute atomic E-state index is 12.2. The third-order valence-corrected chi connectivity index (χ3v) is 8.65. The highest BCUT2D eigenvalue weighted by Gasteiger charge is 2.59. The minimum Gasteiger partial charge on any atom is -0.481 e. The van der Waals surface area contributed by atoms with Crippen LogP contribution in [0, 0.1) is 11.3 Å². The van der Waals surface area contributed by atoms with Crippen LogP contribution in [0.3, 0.4) is 0 Å². The Bertz CT molecular complexity index is 1030. The Hall–Kier alpha value is -2.01. The van der Waals surface area contributed by atoms with Crippen LogP contribution in [0.15, 0.2) is 18.2 Å². The van der Waals surface area contributed by atoms with Crippen molar-refractivity contribution < 1.29 is 32.8 Å². The first-order valence-electron chi connectivity index (χ1n) is 12.2. The molecule has 0 unspecified atom stereocenters. The van der Waals surface area contributed by atoms with E-state index >= 15 is 0 Å². The summed E-state index contributed by atoms with van der Waals surface area (Å²) < 4.78 is 32.8. The number of benzene rings is 1. The Morgan fingerprint density at radius 2 is 1.86 bits per heavy atom. The molecule has 35 heavy (non-hydrogen) atoms. The highest BCUT2D eigenvalue weighted by Crippen LogP contribution is 2.58. The lowest BCUT2D eigenvalue weighted by Gasteiger charge is -2.54. The van der Waals surface area contributed by atoms with Crippen molar-refractivity contribution in [1.82, 2.24) is 0 Å². The van der Waals surface area contributed by atoms with Gasteiger partial charge in [-0.3, -0.25) is 14.1 Å². The van der Waals surface area contributed by atoms with Gasteiger partial charge in [0.1, 0.15) is 6.04 Å². The van der Waals surface area contributed by atoms with Gasteiger partial charge in [0, 0.05) is 0 Å². The van der Waals surface area contributed by atoms with Crippen molar-refractivity contribution >= 4 is 22.1 Å². The summed E-state index contributed by atoms with van der Waals surface area (Å²) in [5, 5.41) is 18.2. The summed E-state index contributed by atoms with van der Waals surface area (Å²) in [5.74, 6) is -2.64. The van der Waals surface area contributed by atoms with Crippen LogP contribution < -0.4 is 11.5 Å². The molecule has 0 heterocycles. The second kappa shape index (κ2) is 11.4. The van der Waals surface area contributed by atoms with Gasteiger partial charge in [-0.05, 0) is 79.0 Å². The fourth-order valence-electron chi connectivity index (χ4n) is 5.96. The highest BCUT2D eigenvalue weighted by atomic mass is 32.2. The lowest BCUT2D eigenvalue weighted by molar-refractivity contribution is -0.157. The summed E-state index contributed by atoms with van der Waals surface area (Å²) in [7, 11) is -4.38. The predicted molar refractivity (Wildman–Crippen MR) is 134 cm³/mol. The lowest BCUT2D eigenvalue weighted by Crippen LogP contribution is -2.56. The molecular weight excluding hydrogens is 472 g/mol. The van der Waals surface area contributed by atoms with E-state index in [2.05, 4.69) is 39.0 Å². The van der Waals surface area contributed by atoms with Crippen LogP contribution in [0.25, 0.3) is 0 Å². The van der Waals surface area contributed by atoms with E-state index in [-0.39, 0.29) is 11.3 Å². The first-order chi connectivity index (χ1) is 16.2. The summed E-state index contributed by atoms with van der Waals surface area (Å²) in [6.45, 7) is 6.88. The summed E-state index contributed by atoms with van der Waals surface area (Å²) in [5.41, 5.74) is 12.1. The second-order valence-electron chi connectivity index (χ2n) is 10.5. The average Bonchev–Trinajstić information content (AvgIpc) is 2.76. The van der Waals surface area contributed by atoms with Gasteiger partial charge in [-0.15, -0.1) is 0 Å². The smallest absolute Gasteiger partial charge is 0.320 e. The van der Waals surface area contributed by atoms with E-state index in [1.165, 1.54) is 11.1 Å². The van der Waals surface area contributed by atoms with Crippen LogP contribution in [0.5, 0.6) is 0 Å². The van der Waals surface area contributed by atoms with Gasteiger partial charge in [-0.25, -0.2) is 0 Å². The minimum absolute atomic E-state index is 0.293. The number of hydrogen-bond acceptors (Lipinski definition) is 6. The zero-order valence-corrected chi connectivity index (χ0v) is 21.7. The zero-order chi connectivity index (χ0) is 26.6. The summed E-state index contributed by atoms with van der Waals surface area (Å²) >= 11 is 0. The third-order valence-electron chi connectivity index (χ3n) is 7.77. The molecule has 10 heteroatoms. The molecular formula is C25H40N2O7S. The number of hydrogen-bond donors (Lipinski definition) is 5. The molecule has 0 bridgehead atoms. The Morgan fingerprint density at radius 1 is 1.20 bits per heavy atom. The Kier molecular flexibility index (Phi) is 9.49. The third kappa shape index (κ3) is 6.61. The monoisotopic (exact) mass is 512 g/mol. The predicted octanol–water partition coefficient (Wildman–Crippen LogP) is 2.91. The van der Waals surface area contributed by atoms with Gasteiger partial charge in [-0.2, -0.15) is 8.42 Å². The first-order valence-corrected chi connectivity index (χ1v) is 13.8. The van der Waals surface area contributed by atoms with E-state index in [0.29, 0.717) is 44.6 Å². The largest absolute Gasteiger partial charge is 0.481 e. The molecule has 4 atom stereocenters. The molecule has 0 saturated heterocycles. The number of carbonyl (C=O) groups is 2. The molecule has 1 saturated carbocycles. The number of nitrogens with two attached hydrogens (primary N) is 2. The van der Waals surface area contributed by atoms with Gasteiger partial charge >= 0.3 is 11.9 Å². The molecule has 2 aliphatic rings. The van der Waals surface area contributed by atoms with Crippen molar-refractivity contribution in [3.63, 3.8) is 0 Å². The fraction of sp³-hybridized carbons (Fsp3) is 0.680. The topological polar surface area (TPSA) is 181 Å². The van der Waals surface area contributed by atoms with Gasteiger partial charge in [0.05, 0.1) is 11.2 Å². The summed E-state index contributed by atoms with van der Waals surface area (Å²) in [4.78, 5) is 22.3. The molecule has 198 valence electrons. The van der Waals surface area contributed by atoms with Crippen molar-refractivity contribution in [3.05, 3.63) is 34.9 Å². The van der Waals surface area contributed by atoms with Gasteiger partial charge in [-0.1, -0.05) is 45.4 Å². The first kappa shape index (κ1) is 29.2. The standard InChI is InChI=1S/C20H28O5S.C5H12N2O2/c1-13(2)14-5-7-16-15(11-14)6-8-17-19(16,3)9-4-10-20(17,18(21)22)12-26(23,24)25;6-3-1-2-4(7)5(8)9/h5,7,11,13,17H,4,6,8-10,12H2,1-3H3,(H,21,22)(H,23,24,25);4H,1-3,6-7H2,(H,8,9)/t17-,19-,20-;4-/m10/s1. The van der Waals surface area contributed by atoms with Crippen LogP contribution in [0.4, 0.5) is 0 Å². The molecule has 1 fully saturated rings. The van der Waals surface area contributed by atoms with E-state index in [1.807, 2.05) is 0 Å². The molecule has 0 spiro atoms. The van der Waals surface area contributed by atoms with Crippen LogP contribution in [0.1, 0.15) is 81.9 Å². The molecule has 0 aromatic heterocycles. The Morgan fingerprint density at radius 3 is 2.37 bits per heavy atom. The van der Waals surface area contributed by atoms with Crippen LogP contribution in [-0.2, 0) is 31.5 Å². The lowest BCUT2D eigenvalue weighted by atomic mass is 9.49. The normalized spacial score (nSPS) is 26.7. The molecule has 9 nitrogen and oxygen atoms in total. The maximum atomic E-state index is 12.2. The average molecular weight is 513 g/mol. The van der Waals surface area contributed by atoms with Crippen molar-refractivity contribution in [1.29, 1.82) is 0 Å². The SMILES string of the molecule is CC(C)c1ccc2c(c1)CC[C@H]1[C@@](CS(=O)(=O)O)(C(=O)O)CCC[C@]21C.NCCC[C@H](N)C(=O)O. The van der Waals surface area contributed by atoms with Crippen molar-refractivity contribution in [2.24, 2.45) is 22.8 Å². The molecule has 1 aromatic rings. The summed E-state index contributed by atoms with van der Waals surface area (Å²) in [6, 6.07) is 5.70. The molecule has 0 amide bonds. The molecule has 0 radical (unpaired) electrons. The number of carboxylic acids is 2. The maximum Gasteiger partial charge on any atom is 0.320 e. The number of carboxylic acid groups (broad SMARTS) is 2. The number of rotatable bonds is 8. The number of fused-ring (bicyclic) bond motifs is 3. The molecule has 0 aliphatic heterocycles. The van der Waals surface area contributed by atoms with E-state index in [0.717, 1.165) is 18.4 Å². The van der Waals surface area contributed by atoms with Gasteiger partial charge < -0.3 is 21.7 Å². The fourth-order valence-corrected chi connectivity index (χ4v) is 7.08. The minimum atomic E-state index is -4.38. The molecule has 2 aliphatic carbocycles. The van der Waals surface area contributed by atoms with Gasteiger partial charge in [0.15, 0.2) is 0 Å². The van der Waals surface area contributed by atoms with E-state index in [9.17, 15) is 27.7 Å². The van der Waals surface area contributed by atoms with E-state index in [4.69, 9.17) is 16.6 Å². The van der Waals surface area contributed by atoms with Crippen LogP contribution in [0.2, 0.25) is 0 Å². The number of aliphatic carboxylic acids is 2. The Labute approximate surface area is 208 Å².